The summed E-state index contributed by atoms with van der Waals surface area (Å²) in [5.74, 6) is -1.03. The van der Waals surface area contributed by atoms with Gasteiger partial charge in [0.25, 0.3) is 23.6 Å². The Morgan fingerprint density at radius 1 is 0.659 bits per heavy atom. The van der Waals surface area contributed by atoms with Gasteiger partial charge in [0.1, 0.15) is 0 Å². The van der Waals surface area contributed by atoms with E-state index in [1.165, 1.54) is 29.2 Å². The van der Waals surface area contributed by atoms with Gasteiger partial charge < -0.3 is 14.0 Å². The Morgan fingerprint density at radius 3 is 1.37 bits per heavy atom. The third kappa shape index (κ3) is 15.8. The lowest BCUT2D eigenvalue weighted by Gasteiger charge is -2.36. The zero-order chi connectivity index (χ0) is 31.9. The van der Waals surface area contributed by atoms with Gasteiger partial charge in [0.15, 0.2) is 16.6 Å². The molecular formula is C30H56N2O7Si2. The average molecular weight is 613 g/mol. The van der Waals surface area contributed by atoms with Gasteiger partial charge in [-0.15, -0.1) is 0 Å². The van der Waals surface area contributed by atoms with Crippen LogP contribution < -0.4 is 5.32 Å². The van der Waals surface area contributed by atoms with Crippen molar-refractivity contribution in [3.05, 3.63) is 24.3 Å². The van der Waals surface area contributed by atoms with Crippen LogP contribution in [-0.2, 0) is 28.0 Å². The Bertz CT molecular complexity index is 883. The molecule has 4 amide bonds. The van der Waals surface area contributed by atoms with Gasteiger partial charge >= 0.3 is 0 Å². The van der Waals surface area contributed by atoms with E-state index in [-0.39, 0.29) is 28.7 Å². The van der Waals surface area contributed by atoms with Crippen molar-refractivity contribution in [2.75, 3.05) is 26.4 Å². The number of imide groups is 2. The molecule has 2 aliphatic heterocycles. The van der Waals surface area contributed by atoms with Crippen molar-refractivity contribution in [2.24, 2.45) is 0 Å². The fourth-order valence-electron chi connectivity index (χ4n) is 3.03. The molecule has 2 rings (SSSR count). The Kier molecular flexibility index (Phi) is 17.1. The minimum absolute atomic E-state index is 0.187. The summed E-state index contributed by atoms with van der Waals surface area (Å²) in [6.07, 6.45) is 10.9. The Balaban J connectivity index is 0.000000656. The molecule has 236 valence electrons. The highest BCUT2D eigenvalue weighted by molar-refractivity contribution is 6.74. The van der Waals surface area contributed by atoms with Gasteiger partial charge in [-0.05, 0) is 74.8 Å². The van der Waals surface area contributed by atoms with Gasteiger partial charge in [-0.2, -0.15) is 0 Å². The molecule has 0 saturated carbocycles. The summed E-state index contributed by atoms with van der Waals surface area (Å²) in [6, 6.07) is 0. The monoisotopic (exact) mass is 612 g/mol. The van der Waals surface area contributed by atoms with E-state index in [9.17, 15) is 19.2 Å². The lowest BCUT2D eigenvalue weighted by Crippen LogP contribution is -2.41. The SMILES string of the molecule is CC(C)(C)[Si](C)(C)OCCCCCN1C(=O)C=CC1=O.CC(C)(C)[Si](C)(C)OCCCCCO.O=C1C=CC(=O)N1. The van der Waals surface area contributed by atoms with Crippen molar-refractivity contribution in [1.82, 2.24) is 10.2 Å². The molecule has 0 aromatic rings. The topological polar surface area (TPSA) is 122 Å². The maximum Gasteiger partial charge on any atom is 0.253 e. The second kappa shape index (κ2) is 17.9. The molecule has 2 N–H and O–H groups in total. The molecule has 41 heavy (non-hydrogen) atoms. The molecule has 0 saturated heterocycles. The average Bonchev–Trinajstić information content (AvgIpc) is 3.38. The van der Waals surface area contributed by atoms with Crippen molar-refractivity contribution in [2.45, 2.75) is 116 Å². The molecule has 0 spiro atoms. The molecule has 0 aliphatic carbocycles. The number of amides is 4. The molecule has 9 nitrogen and oxygen atoms in total. The molecule has 2 heterocycles. The van der Waals surface area contributed by atoms with Crippen molar-refractivity contribution in [1.29, 1.82) is 0 Å². The van der Waals surface area contributed by atoms with Crippen LogP contribution in [0.2, 0.25) is 36.3 Å². The van der Waals surface area contributed by atoms with Gasteiger partial charge in [0, 0.05) is 50.7 Å². The van der Waals surface area contributed by atoms with Crippen LogP contribution >= 0.6 is 0 Å². The number of hydrogen-bond donors (Lipinski definition) is 2. The summed E-state index contributed by atoms with van der Waals surface area (Å²) in [4.78, 5) is 44.1. The highest BCUT2D eigenvalue weighted by Gasteiger charge is 2.37. The number of carbonyl (C=O) groups excluding carboxylic acids is 4. The highest BCUT2D eigenvalue weighted by atomic mass is 28.4. The summed E-state index contributed by atoms with van der Waals surface area (Å²) in [5.41, 5.74) is 0. The molecular weight excluding hydrogens is 557 g/mol. The number of hydrogen-bond acceptors (Lipinski definition) is 7. The van der Waals surface area contributed by atoms with Gasteiger partial charge in [0.2, 0.25) is 0 Å². The van der Waals surface area contributed by atoms with Gasteiger partial charge in [0.05, 0.1) is 0 Å². The minimum Gasteiger partial charge on any atom is -0.417 e. The standard InChI is InChI=1S/C15H27NO3Si.C11H26O2Si.C4H3NO2/c1-15(2,3)20(4,5)19-12-8-6-7-11-16-13(17)9-10-14(16)18;1-11(2,3)14(4,5)13-10-8-6-7-9-12;6-3-1-2-4(7)5-3/h9-10H,6-8,11-12H2,1-5H3;12H,6-10H2,1-5H3;1-2H,(H,5,6,7). The van der Waals surface area contributed by atoms with Crippen LogP contribution in [0.25, 0.3) is 0 Å². The van der Waals surface area contributed by atoms with Crippen LogP contribution in [0.3, 0.4) is 0 Å². The third-order valence-electron chi connectivity index (χ3n) is 7.90. The molecule has 11 heteroatoms. The normalized spacial score (nSPS) is 15.5. The van der Waals surface area contributed by atoms with E-state index in [4.69, 9.17) is 14.0 Å². The fourth-order valence-corrected chi connectivity index (χ4v) is 5.21. The van der Waals surface area contributed by atoms with Crippen molar-refractivity contribution in [3.8, 4) is 0 Å². The van der Waals surface area contributed by atoms with Crippen LogP contribution in [0.5, 0.6) is 0 Å². The molecule has 0 aromatic heterocycles. The quantitative estimate of drug-likeness (QED) is 0.161. The first-order valence-corrected chi connectivity index (χ1v) is 20.5. The summed E-state index contributed by atoms with van der Waals surface area (Å²) >= 11 is 0. The first-order valence-electron chi connectivity index (χ1n) is 14.7. The summed E-state index contributed by atoms with van der Waals surface area (Å²) < 4.78 is 12.1. The van der Waals surface area contributed by atoms with Crippen LogP contribution in [0.15, 0.2) is 24.3 Å². The Labute approximate surface area is 250 Å². The molecule has 0 unspecified atom stereocenters. The van der Waals surface area contributed by atoms with E-state index < -0.39 is 16.6 Å². The van der Waals surface area contributed by atoms with E-state index in [1.54, 1.807) is 0 Å². The highest BCUT2D eigenvalue weighted by Crippen LogP contribution is 2.37. The fraction of sp³-hybridized carbons (Fsp3) is 0.733. The number of carbonyl (C=O) groups is 4. The summed E-state index contributed by atoms with van der Waals surface area (Å²) in [7, 11) is -3.17. The number of aliphatic hydroxyl groups excluding tert-OH is 1. The number of rotatable bonds is 13. The summed E-state index contributed by atoms with van der Waals surface area (Å²) in [6.45, 7) is 25.0. The maximum absolute atomic E-state index is 11.3. The van der Waals surface area contributed by atoms with Crippen molar-refractivity contribution < 1.29 is 33.1 Å². The number of unbranched alkanes of at least 4 members (excludes halogenated alkanes) is 4. The van der Waals surface area contributed by atoms with Crippen LogP contribution in [-0.4, -0.2) is 76.6 Å². The van der Waals surface area contributed by atoms with Crippen molar-refractivity contribution in [3.63, 3.8) is 0 Å². The van der Waals surface area contributed by atoms with Gasteiger partial charge in [-0.3, -0.25) is 29.4 Å². The van der Waals surface area contributed by atoms with E-state index in [0.717, 1.165) is 51.7 Å². The molecule has 0 bridgehead atoms. The Hall–Kier alpha value is -1.93. The molecule has 0 atom stereocenters. The largest absolute Gasteiger partial charge is 0.417 e. The zero-order valence-corrected chi connectivity index (χ0v) is 29.2. The lowest BCUT2D eigenvalue weighted by molar-refractivity contribution is -0.137. The maximum atomic E-state index is 11.3. The number of aliphatic hydroxyl groups is 1. The van der Waals surface area contributed by atoms with E-state index in [1.807, 2.05) is 5.32 Å². The lowest BCUT2D eigenvalue weighted by atomic mass is 10.2. The molecule has 0 fully saturated rings. The smallest absolute Gasteiger partial charge is 0.253 e. The van der Waals surface area contributed by atoms with Crippen LogP contribution in [0, 0.1) is 0 Å². The summed E-state index contributed by atoms with van der Waals surface area (Å²) in [5, 5.41) is 11.2. The van der Waals surface area contributed by atoms with E-state index in [2.05, 4.69) is 67.7 Å². The Morgan fingerprint density at radius 2 is 1.05 bits per heavy atom. The third-order valence-corrected chi connectivity index (χ3v) is 17.0. The molecule has 2 aliphatic rings. The minimum atomic E-state index is -1.64. The predicted molar refractivity (Wildman–Crippen MR) is 169 cm³/mol. The van der Waals surface area contributed by atoms with Gasteiger partial charge in [-0.25, -0.2) is 0 Å². The number of nitrogens with one attached hydrogen (secondary N) is 1. The second-order valence-corrected chi connectivity index (χ2v) is 23.0. The van der Waals surface area contributed by atoms with E-state index in [0.29, 0.717) is 18.2 Å². The number of nitrogens with zero attached hydrogens (tertiary/aromatic N) is 1. The van der Waals surface area contributed by atoms with Gasteiger partial charge in [-0.1, -0.05) is 41.5 Å². The molecule has 0 radical (unpaired) electrons. The zero-order valence-electron chi connectivity index (χ0n) is 27.2. The second-order valence-electron chi connectivity index (χ2n) is 13.4. The van der Waals surface area contributed by atoms with Crippen LogP contribution in [0.1, 0.15) is 80.1 Å². The first-order chi connectivity index (χ1) is 18.7. The predicted octanol–water partition coefficient (Wildman–Crippen LogP) is 5.47. The first kappa shape index (κ1) is 39.1. The van der Waals surface area contributed by atoms with Crippen molar-refractivity contribution >= 4 is 40.3 Å². The van der Waals surface area contributed by atoms with E-state index >= 15 is 0 Å². The van der Waals surface area contributed by atoms with Crippen LogP contribution in [0.4, 0.5) is 0 Å². The molecule has 0 aromatic carbocycles.